The first kappa shape index (κ1) is 19.9. The number of aliphatic hydroxyl groups is 1. The van der Waals surface area contributed by atoms with E-state index in [1.807, 2.05) is 6.07 Å². The smallest absolute Gasteiger partial charge is 0.135 e. The standard InChI is InChI=1S/C21H26ClN3O2/c1-21(2,27)12-15(26)8-3-4-9-19-24-18-11-10-17(22)16(13-23)20(18)25(19)14-6-5-7-14/h10-11,14,27H,3-9,12H2,1-2H3. The number of nitrogens with zero attached hydrogens (tertiary/aromatic N) is 3. The Bertz CT molecular complexity index is 885. The van der Waals surface area contributed by atoms with Crippen LogP contribution in [0, 0.1) is 11.3 Å². The van der Waals surface area contributed by atoms with Crippen molar-refractivity contribution in [3.63, 3.8) is 0 Å². The molecule has 0 aliphatic heterocycles. The van der Waals surface area contributed by atoms with Gasteiger partial charge < -0.3 is 9.67 Å². The zero-order valence-electron chi connectivity index (χ0n) is 16.0. The molecule has 1 aromatic heterocycles. The minimum absolute atomic E-state index is 0.0912. The molecule has 0 saturated heterocycles. The molecule has 1 fully saturated rings. The summed E-state index contributed by atoms with van der Waals surface area (Å²) >= 11 is 6.24. The molecule has 3 rings (SSSR count). The zero-order valence-corrected chi connectivity index (χ0v) is 16.7. The first-order valence-electron chi connectivity index (χ1n) is 9.63. The van der Waals surface area contributed by atoms with Crippen molar-refractivity contribution in [2.45, 2.75) is 76.9 Å². The molecule has 6 heteroatoms. The summed E-state index contributed by atoms with van der Waals surface area (Å²) in [5.74, 6) is 1.07. The average molecular weight is 388 g/mol. The number of unbranched alkanes of at least 4 members (excludes halogenated alkanes) is 1. The van der Waals surface area contributed by atoms with Crippen LogP contribution in [0.1, 0.15) is 76.2 Å². The Morgan fingerprint density at radius 3 is 2.74 bits per heavy atom. The molecular weight excluding hydrogens is 362 g/mol. The highest BCUT2D eigenvalue weighted by Gasteiger charge is 2.26. The van der Waals surface area contributed by atoms with E-state index in [9.17, 15) is 15.2 Å². The van der Waals surface area contributed by atoms with E-state index >= 15 is 0 Å². The number of rotatable bonds is 8. The topological polar surface area (TPSA) is 78.9 Å². The maximum atomic E-state index is 11.9. The normalized spacial score (nSPS) is 14.9. The Labute approximate surface area is 165 Å². The van der Waals surface area contributed by atoms with Crippen LogP contribution < -0.4 is 0 Å². The van der Waals surface area contributed by atoms with Gasteiger partial charge in [-0.3, -0.25) is 4.79 Å². The van der Waals surface area contributed by atoms with Gasteiger partial charge in [0.2, 0.25) is 0 Å². The largest absolute Gasteiger partial charge is 0.390 e. The summed E-state index contributed by atoms with van der Waals surface area (Å²) in [4.78, 5) is 16.7. The van der Waals surface area contributed by atoms with Gasteiger partial charge in [-0.2, -0.15) is 5.26 Å². The number of hydrogen-bond donors (Lipinski definition) is 1. The molecular formula is C21H26ClN3O2. The van der Waals surface area contributed by atoms with Crippen molar-refractivity contribution >= 4 is 28.4 Å². The lowest BCUT2D eigenvalue weighted by Gasteiger charge is -2.29. The van der Waals surface area contributed by atoms with Gasteiger partial charge in [0.1, 0.15) is 17.7 Å². The lowest BCUT2D eigenvalue weighted by Crippen LogP contribution is -2.23. The number of hydrogen-bond acceptors (Lipinski definition) is 4. The third-order valence-electron chi connectivity index (χ3n) is 5.16. The molecule has 1 aliphatic carbocycles. The maximum Gasteiger partial charge on any atom is 0.135 e. The van der Waals surface area contributed by atoms with E-state index in [4.69, 9.17) is 16.6 Å². The van der Waals surface area contributed by atoms with Gasteiger partial charge in [-0.05, 0) is 58.1 Å². The second-order valence-corrected chi connectivity index (χ2v) is 8.53. The molecule has 0 bridgehead atoms. The van der Waals surface area contributed by atoms with E-state index in [2.05, 4.69) is 10.6 Å². The van der Waals surface area contributed by atoms with E-state index < -0.39 is 5.60 Å². The number of Topliss-reactive ketones (excluding diaryl/α,β-unsaturated/α-hetero) is 1. The van der Waals surface area contributed by atoms with Crippen molar-refractivity contribution in [2.75, 3.05) is 0 Å². The van der Waals surface area contributed by atoms with Gasteiger partial charge in [0, 0.05) is 25.3 Å². The molecule has 144 valence electrons. The first-order valence-corrected chi connectivity index (χ1v) is 10.0. The van der Waals surface area contributed by atoms with Crippen molar-refractivity contribution in [1.29, 1.82) is 5.26 Å². The number of halogens is 1. The van der Waals surface area contributed by atoms with Gasteiger partial charge in [-0.1, -0.05) is 11.6 Å². The predicted molar refractivity (Wildman–Crippen MR) is 106 cm³/mol. The van der Waals surface area contributed by atoms with E-state index in [1.165, 1.54) is 6.42 Å². The number of fused-ring (bicyclic) bond motifs is 1. The van der Waals surface area contributed by atoms with Gasteiger partial charge in [0.25, 0.3) is 0 Å². The van der Waals surface area contributed by atoms with Crippen molar-refractivity contribution in [3.05, 3.63) is 28.5 Å². The molecule has 1 heterocycles. The van der Waals surface area contributed by atoms with Crippen LogP contribution in [-0.4, -0.2) is 26.0 Å². The lowest BCUT2D eigenvalue weighted by molar-refractivity contribution is -0.122. The van der Waals surface area contributed by atoms with Crippen LogP contribution in [0.5, 0.6) is 0 Å². The number of carbonyl (C=O) groups excluding carboxylic acids is 1. The first-order chi connectivity index (χ1) is 12.8. The lowest BCUT2D eigenvalue weighted by atomic mass is 9.92. The van der Waals surface area contributed by atoms with Crippen LogP contribution in [0.15, 0.2) is 12.1 Å². The molecule has 27 heavy (non-hydrogen) atoms. The van der Waals surface area contributed by atoms with Crippen molar-refractivity contribution in [3.8, 4) is 6.07 Å². The average Bonchev–Trinajstić information content (AvgIpc) is 2.87. The second kappa shape index (κ2) is 8.00. The second-order valence-electron chi connectivity index (χ2n) is 8.12. The SMILES string of the molecule is CC(C)(O)CC(=O)CCCCc1nc2ccc(Cl)c(C#N)c2n1C1CCC1. The van der Waals surface area contributed by atoms with Crippen molar-refractivity contribution < 1.29 is 9.90 Å². The van der Waals surface area contributed by atoms with Gasteiger partial charge in [0.15, 0.2) is 0 Å². The number of aryl methyl sites for hydroxylation is 1. The fraction of sp³-hybridized carbons (Fsp3) is 0.571. The minimum atomic E-state index is -0.942. The highest BCUT2D eigenvalue weighted by Crippen LogP contribution is 2.38. The molecule has 0 unspecified atom stereocenters. The number of carbonyl (C=O) groups is 1. The summed E-state index contributed by atoms with van der Waals surface area (Å²) < 4.78 is 2.21. The molecule has 0 spiro atoms. The Hall–Kier alpha value is -1.90. The Morgan fingerprint density at radius 1 is 1.41 bits per heavy atom. The van der Waals surface area contributed by atoms with Gasteiger partial charge >= 0.3 is 0 Å². The monoisotopic (exact) mass is 387 g/mol. The molecule has 0 radical (unpaired) electrons. The Morgan fingerprint density at radius 2 is 2.15 bits per heavy atom. The molecule has 5 nitrogen and oxygen atoms in total. The number of imidazole rings is 1. The molecule has 0 atom stereocenters. The van der Waals surface area contributed by atoms with Crippen LogP contribution in [0.25, 0.3) is 11.0 Å². The Balaban J connectivity index is 1.75. The summed E-state index contributed by atoms with van der Waals surface area (Å²) in [7, 11) is 0. The predicted octanol–water partition coefficient (Wildman–Crippen LogP) is 4.73. The molecule has 1 aliphatic rings. The van der Waals surface area contributed by atoms with E-state index in [0.29, 0.717) is 23.0 Å². The summed E-state index contributed by atoms with van der Waals surface area (Å²) in [6.07, 6.45) is 6.44. The van der Waals surface area contributed by atoms with Crippen molar-refractivity contribution in [2.24, 2.45) is 0 Å². The molecule has 2 aromatic rings. The Kier molecular flexibility index (Phi) is 5.88. The fourth-order valence-electron chi connectivity index (χ4n) is 3.71. The van der Waals surface area contributed by atoms with E-state index in [-0.39, 0.29) is 12.2 Å². The molecule has 1 aromatic carbocycles. The minimum Gasteiger partial charge on any atom is -0.390 e. The van der Waals surface area contributed by atoms with Crippen LogP contribution in [0.2, 0.25) is 5.02 Å². The summed E-state index contributed by atoms with van der Waals surface area (Å²) in [5.41, 5.74) is 1.22. The third kappa shape index (κ3) is 4.51. The van der Waals surface area contributed by atoms with Crippen LogP contribution >= 0.6 is 11.6 Å². The molecule has 1 saturated carbocycles. The number of ketones is 1. The fourth-order valence-corrected chi connectivity index (χ4v) is 3.90. The van der Waals surface area contributed by atoms with Crippen LogP contribution in [0.3, 0.4) is 0 Å². The third-order valence-corrected chi connectivity index (χ3v) is 5.48. The van der Waals surface area contributed by atoms with Crippen LogP contribution in [0.4, 0.5) is 0 Å². The van der Waals surface area contributed by atoms with Gasteiger partial charge in [0.05, 0.1) is 27.2 Å². The molecule has 1 N–H and O–H groups in total. The van der Waals surface area contributed by atoms with E-state index in [0.717, 1.165) is 49.0 Å². The highest BCUT2D eigenvalue weighted by atomic mass is 35.5. The highest BCUT2D eigenvalue weighted by molar-refractivity contribution is 6.32. The van der Waals surface area contributed by atoms with E-state index in [1.54, 1.807) is 19.9 Å². The number of nitriles is 1. The quantitative estimate of drug-likeness (QED) is 0.664. The summed E-state index contributed by atoms with van der Waals surface area (Å²) in [5, 5.41) is 19.8. The maximum absolute atomic E-state index is 11.9. The van der Waals surface area contributed by atoms with Gasteiger partial charge in [-0.15, -0.1) is 0 Å². The number of benzene rings is 1. The van der Waals surface area contributed by atoms with Gasteiger partial charge in [-0.25, -0.2) is 4.98 Å². The number of aromatic nitrogens is 2. The summed E-state index contributed by atoms with van der Waals surface area (Å²) in [6.45, 7) is 3.31. The van der Waals surface area contributed by atoms with Crippen molar-refractivity contribution in [1.82, 2.24) is 9.55 Å². The molecule has 0 amide bonds. The van der Waals surface area contributed by atoms with Crippen LogP contribution in [-0.2, 0) is 11.2 Å². The summed E-state index contributed by atoms with van der Waals surface area (Å²) in [6, 6.07) is 6.23. The zero-order chi connectivity index (χ0) is 19.6.